The van der Waals surface area contributed by atoms with E-state index in [-0.39, 0.29) is 5.91 Å². The highest BCUT2D eigenvalue weighted by Gasteiger charge is 2.26. The minimum absolute atomic E-state index is 0.0381. The molecule has 25 heavy (non-hydrogen) atoms. The number of aromatic nitrogens is 2. The van der Waals surface area contributed by atoms with E-state index in [4.69, 9.17) is 0 Å². The van der Waals surface area contributed by atoms with E-state index in [2.05, 4.69) is 41.1 Å². The van der Waals surface area contributed by atoms with Crippen LogP contribution >= 0.6 is 0 Å². The predicted molar refractivity (Wildman–Crippen MR) is 99.1 cm³/mol. The maximum absolute atomic E-state index is 13.0. The third kappa shape index (κ3) is 2.86. The van der Waals surface area contributed by atoms with Crippen LogP contribution in [0.3, 0.4) is 0 Å². The van der Waals surface area contributed by atoms with Crippen molar-refractivity contribution in [2.75, 3.05) is 31.1 Å². The molecule has 0 unspecified atom stereocenters. The van der Waals surface area contributed by atoms with Crippen LogP contribution in [0.25, 0.3) is 5.52 Å². The molecule has 0 N–H and O–H groups in total. The number of carbonyl (C=O) groups excluding carboxylic acids is 1. The number of hydrogen-bond donors (Lipinski definition) is 0. The van der Waals surface area contributed by atoms with Crippen molar-refractivity contribution in [1.29, 1.82) is 0 Å². The van der Waals surface area contributed by atoms with E-state index in [0.717, 1.165) is 43.9 Å². The van der Waals surface area contributed by atoms with Gasteiger partial charge in [-0.2, -0.15) is 0 Å². The molecule has 0 saturated carbocycles. The number of aryl methyl sites for hydroxylation is 1. The fourth-order valence-electron chi connectivity index (χ4n) is 3.46. The smallest absolute Gasteiger partial charge is 0.274 e. The van der Waals surface area contributed by atoms with Gasteiger partial charge in [-0.3, -0.25) is 4.79 Å². The Morgan fingerprint density at radius 1 is 1.00 bits per heavy atom. The number of carbonyl (C=O) groups is 1. The Kier molecular flexibility index (Phi) is 4.14. The standard InChI is InChI=1S/C20H22N4O/c1-2-18-21-19(17-10-6-7-11-24(17)18)20(25)23-14-12-22(13-15-23)16-8-4-3-5-9-16/h3-11H,2,12-15H2,1H3. The third-order valence-electron chi connectivity index (χ3n) is 4.83. The van der Waals surface area contributed by atoms with Gasteiger partial charge in [-0.05, 0) is 24.3 Å². The van der Waals surface area contributed by atoms with E-state index in [1.807, 2.05) is 39.8 Å². The van der Waals surface area contributed by atoms with Crippen molar-refractivity contribution >= 4 is 17.1 Å². The summed E-state index contributed by atoms with van der Waals surface area (Å²) >= 11 is 0. The summed E-state index contributed by atoms with van der Waals surface area (Å²) in [6, 6.07) is 16.3. The second kappa shape index (κ2) is 6.59. The Hall–Kier alpha value is -2.82. The maximum atomic E-state index is 13.0. The lowest BCUT2D eigenvalue weighted by Gasteiger charge is -2.35. The first-order valence-electron chi connectivity index (χ1n) is 8.83. The molecule has 2 aromatic heterocycles. The molecule has 1 aliphatic rings. The fraction of sp³-hybridized carbons (Fsp3) is 0.300. The lowest BCUT2D eigenvalue weighted by Crippen LogP contribution is -2.48. The van der Waals surface area contributed by atoms with Gasteiger partial charge in [0.05, 0.1) is 5.52 Å². The van der Waals surface area contributed by atoms with E-state index in [0.29, 0.717) is 5.69 Å². The SMILES string of the molecule is CCc1nc(C(=O)N2CCN(c3ccccc3)CC2)c2ccccn12. The van der Waals surface area contributed by atoms with Crippen LogP contribution in [0.1, 0.15) is 23.2 Å². The number of anilines is 1. The topological polar surface area (TPSA) is 40.9 Å². The zero-order valence-corrected chi connectivity index (χ0v) is 14.4. The molecule has 0 bridgehead atoms. The number of para-hydroxylation sites is 1. The molecule has 0 atom stereocenters. The summed E-state index contributed by atoms with van der Waals surface area (Å²) in [7, 11) is 0. The molecule has 3 heterocycles. The summed E-state index contributed by atoms with van der Waals surface area (Å²) in [5.74, 6) is 0.970. The Morgan fingerprint density at radius 2 is 1.72 bits per heavy atom. The molecule has 5 heteroatoms. The van der Waals surface area contributed by atoms with Crippen molar-refractivity contribution < 1.29 is 4.79 Å². The van der Waals surface area contributed by atoms with Crippen LogP contribution < -0.4 is 4.90 Å². The number of hydrogen-bond acceptors (Lipinski definition) is 3. The largest absolute Gasteiger partial charge is 0.368 e. The molecular formula is C20H22N4O. The van der Waals surface area contributed by atoms with Gasteiger partial charge in [0.1, 0.15) is 5.82 Å². The molecule has 0 spiro atoms. The lowest BCUT2D eigenvalue weighted by molar-refractivity contribution is 0.0743. The van der Waals surface area contributed by atoms with Crippen LogP contribution in [0.2, 0.25) is 0 Å². The molecule has 128 valence electrons. The predicted octanol–water partition coefficient (Wildman–Crippen LogP) is 2.86. The highest BCUT2D eigenvalue weighted by atomic mass is 16.2. The number of piperazine rings is 1. The van der Waals surface area contributed by atoms with E-state index in [1.54, 1.807) is 0 Å². The first-order valence-corrected chi connectivity index (χ1v) is 8.83. The second-order valence-corrected chi connectivity index (χ2v) is 6.30. The number of benzene rings is 1. The minimum Gasteiger partial charge on any atom is -0.368 e. The molecule has 1 aromatic carbocycles. The molecular weight excluding hydrogens is 312 g/mol. The van der Waals surface area contributed by atoms with Gasteiger partial charge in [0, 0.05) is 44.5 Å². The summed E-state index contributed by atoms with van der Waals surface area (Å²) in [5, 5.41) is 0. The maximum Gasteiger partial charge on any atom is 0.274 e. The van der Waals surface area contributed by atoms with Crippen molar-refractivity contribution in [1.82, 2.24) is 14.3 Å². The van der Waals surface area contributed by atoms with Gasteiger partial charge >= 0.3 is 0 Å². The van der Waals surface area contributed by atoms with Crippen LogP contribution in [0, 0.1) is 0 Å². The molecule has 0 aliphatic carbocycles. The summed E-state index contributed by atoms with van der Waals surface area (Å²) in [6.45, 7) is 5.21. The molecule has 3 aromatic rings. The minimum atomic E-state index is 0.0381. The molecule has 0 radical (unpaired) electrons. The van der Waals surface area contributed by atoms with Gasteiger partial charge in [0.25, 0.3) is 5.91 Å². The van der Waals surface area contributed by atoms with Crippen molar-refractivity contribution in [2.24, 2.45) is 0 Å². The van der Waals surface area contributed by atoms with Gasteiger partial charge in [0.15, 0.2) is 5.69 Å². The molecule has 1 fully saturated rings. The normalized spacial score (nSPS) is 14.9. The van der Waals surface area contributed by atoms with E-state index in [1.165, 1.54) is 5.69 Å². The Bertz CT molecular complexity index is 879. The number of fused-ring (bicyclic) bond motifs is 1. The lowest BCUT2D eigenvalue weighted by atomic mass is 10.2. The highest BCUT2D eigenvalue weighted by Crippen LogP contribution is 2.19. The average molecular weight is 334 g/mol. The van der Waals surface area contributed by atoms with Crippen LogP contribution in [0.5, 0.6) is 0 Å². The van der Waals surface area contributed by atoms with Crippen molar-refractivity contribution in [3.8, 4) is 0 Å². The summed E-state index contributed by atoms with van der Waals surface area (Å²) in [6.07, 6.45) is 2.78. The highest BCUT2D eigenvalue weighted by molar-refractivity contribution is 5.99. The van der Waals surface area contributed by atoms with Crippen LogP contribution in [0.15, 0.2) is 54.7 Å². The van der Waals surface area contributed by atoms with E-state index in [9.17, 15) is 4.79 Å². The van der Waals surface area contributed by atoms with Crippen LogP contribution in [-0.4, -0.2) is 46.4 Å². The van der Waals surface area contributed by atoms with Crippen LogP contribution in [-0.2, 0) is 6.42 Å². The number of pyridine rings is 1. The van der Waals surface area contributed by atoms with Gasteiger partial charge < -0.3 is 14.2 Å². The monoisotopic (exact) mass is 334 g/mol. The molecule has 1 amide bonds. The Labute approximate surface area is 147 Å². The van der Waals surface area contributed by atoms with Gasteiger partial charge in [0.2, 0.25) is 0 Å². The zero-order chi connectivity index (χ0) is 17.2. The van der Waals surface area contributed by atoms with Gasteiger partial charge in [-0.1, -0.05) is 31.2 Å². The van der Waals surface area contributed by atoms with Crippen molar-refractivity contribution in [2.45, 2.75) is 13.3 Å². The summed E-state index contributed by atoms with van der Waals surface area (Å²) < 4.78 is 2.02. The molecule has 1 aliphatic heterocycles. The van der Waals surface area contributed by atoms with Gasteiger partial charge in [-0.25, -0.2) is 4.98 Å². The molecule has 5 nitrogen and oxygen atoms in total. The quantitative estimate of drug-likeness (QED) is 0.739. The average Bonchev–Trinajstić information content (AvgIpc) is 3.07. The van der Waals surface area contributed by atoms with Crippen molar-refractivity contribution in [3.05, 3.63) is 66.2 Å². The Morgan fingerprint density at radius 3 is 2.44 bits per heavy atom. The number of amides is 1. The van der Waals surface area contributed by atoms with Gasteiger partial charge in [-0.15, -0.1) is 0 Å². The number of nitrogens with zero attached hydrogens (tertiary/aromatic N) is 4. The number of rotatable bonds is 3. The van der Waals surface area contributed by atoms with E-state index < -0.39 is 0 Å². The summed E-state index contributed by atoms with van der Waals surface area (Å²) in [4.78, 5) is 21.9. The summed E-state index contributed by atoms with van der Waals surface area (Å²) in [5.41, 5.74) is 2.69. The zero-order valence-electron chi connectivity index (χ0n) is 14.4. The molecule has 1 saturated heterocycles. The first kappa shape index (κ1) is 15.7. The first-order chi connectivity index (χ1) is 12.3. The second-order valence-electron chi connectivity index (χ2n) is 6.30. The van der Waals surface area contributed by atoms with Crippen molar-refractivity contribution in [3.63, 3.8) is 0 Å². The number of imidazole rings is 1. The Balaban J connectivity index is 1.53. The fourth-order valence-corrected chi connectivity index (χ4v) is 3.46. The van der Waals surface area contributed by atoms with E-state index >= 15 is 0 Å². The van der Waals surface area contributed by atoms with Crippen LogP contribution in [0.4, 0.5) is 5.69 Å². The molecule has 4 rings (SSSR count). The third-order valence-corrected chi connectivity index (χ3v) is 4.83.